The van der Waals surface area contributed by atoms with Crippen LogP contribution in [0.15, 0.2) is 17.5 Å². The van der Waals surface area contributed by atoms with Crippen molar-refractivity contribution in [3.8, 4) is 0 Å². The van der Waals surface area contributed by atoms with Crippen LogP contribution in [0, 0.1) is 26.2 Å². The standard InChI is InChI=1S/C21H32N2/c1-12-11-17-18(14(3)13(12)2)23-16(5)22(10)15(4)19(23)21(8,9)20(17,6)7/h11,16H,1-10H3. The molecule has 2 heteroatoms. The maximum Gasteiger partial charge on any atom is 0.103 e. The molecule has 1 aromatic carbocycles. The average Bonchev–Trinajstić information content (AvgIpc) is 2.68. The maximum absolute atomic E-state index is 2.61. The van der Waals surface area contributed by atoms with Crippen LogP contribution >= 0.6 is 0 Å². The molecular formula is C21H32N2. The summed E-state index contributed by atoms with van der Waals surface area (Å²) >= 11 is 0. The SMILES string of the molecule is CC1=C2N(c3c(cc(C)c(C)c3C)C(C)(C)C2(C)C)C(C)N1C. The molecule has 1 unspecified atom stereocenters. The van der Waals surface area contributed by atoms with Gasteiger partial charge < -0.3 is 9.80 Å². The van der Waals surface area contributed by atoms with Gasteiger partial charge in [-0.15, -0.1) is 0 Å². The summed E-state index contributed by atoms with van der Waals surface area (Å²) in [5.74, 6) is 0. The van der Waals surface area contributed by atoms with Crippen molar-refractivity contribution in [3.05, 3.63) is 39.7 Å². The molecule has 1 atom stereocenters. The van der Waals surface area contributed by atoms with Gasteiger partial charge in [0.25, 0.3) is 0 Å². The van der Waals surface area contributed by atoms with Crippen molar-refractivity contribution in [1.82, 2.24) is 4.90 Å². The second-order valence-corrected chi connectivity index (χ2v) is 8.64. The van der Waals surface area contributed by atoms with E-state index in [9.17, 15) is 0 Å². The molecule has 126 valence electrons. The Labute approximate surface area is 142 Å². The van der Waals surface area contributed by atoms with Crippen LogP contribution in [0.5, 0.6) is 0 Å². The van der Waals surface area contributed by atoms with Gasteiger partial charge in [0.15, 0.2) is 0 Å². The average molecular weight is 313 g/mol. The molecule has 0 amide bonds. The first-order chi connectivity index (χ1) is 10.4. The Bertz CT molecular complexity index is 722. The van der Waals surface area contributed by atoms with Gasteiger partial charge in [0.1, 0.15) is 6.17 Å². The molecule has 2 heterocycles. The van der Waals surface area contributed by atoms with Gasteiger partial charge in [0.2, 0.25) is 0 Å². The number of anilines is 1. The third kappa shape index (κ3) is 1.75. The lowest BCUT2D eigenvalue weighted by molar-refractivity contribution is 0.230. The molecule has 0 fully saturated rings. The van der Waals surface area contributed by atoms with E-state index in [0.717, 1.165) is 0 Å². The van der Waals surface area contributed by atoms with Crippen LogP contribution in [-0.2, 0) is 5.41 Å². The van der Waals surface area contributed by atoms with Gasteiger partial charge in [-0.05, 0) is 56.9 Å². The van der Waals surface area contributed by atoms with Crippen molar-refractivity contribution in [2.24, 2.45) is 5.41 Å². The number of aryl methyl sites for hydroxylation is 1. The molecule has 2 nitrogen and oxygen atoms in total. The zero-order valence-corrected chi connectivity index (χ0v) is 16.5. The maximum atomic E-state index is 2.61. The molecule has 2 aliphatic heterocycles. The first kappa shape index (κ1) is 16.4. The fourth-order valence-electron chi connectivity index (χ4n) is 4.52. The molecule has 0 N–H and O–H groups in total. The molecule has 23 heavy (non-hydrogen) atoms. The summed E-state index contributed by atoms with van der Waals surface area (Å²) in [6.07, 6.45) is 0.375. The lowest BCUT2D eigenvalue weighted by atomic mass is 9.58. The van der Waals surface area contributed by atoms with Gasteiger partial charge in [-0.1, -0.05) is 33.8 Å². The Morgan fingerprint density at radius 1 is 0.913 bits per heavy atom. The van der Waals surface area contributed by atoms with Gasteiger partial charge in [-0.3, -0.25) is 0 Å². The molecule has 0 saturated heterocycles. The summed E-state index contributed by atoms with van der Waals surface area (Å²) in [5, 5.41) is 0. The van der Waals surface area contributed by atoms with E-state index in [2.05, 4.69) is 85.2 Å². The number of rotatable bonds is 0. The highest BCUT2D eigenvalue weighted by atomic mass is 15.4. The minimum Gasteiger partial charge on any atom is -0.356 e. The Balaban J connectivity index is 2.46. The van der Waals surface area contributed by atoms with E-state index in [1.807, 2.05) is 0 Å². The van der Waals surface area contributed by atoms with Gasteiger partial charge >= 0.3 is 0 Å². The number of hydrogen-bond acceptors (Lipinski definition) is 2. The fourth-order valence-corrected chi connectivity index (χ4v) is 4.52. The van der Waals surface area contributed by atoms with E-state index < -0.39 is 0 Å². The highest BCUT2D eigenvalue weighted by molar-refractivity contribution is 5.74. The largest absolute Gasteiger partial charge is 0.356 e. The molecule has 2 aliphatic rings. The van der Waals surface area contributed by atoms with Crippen LogP contribution in [0.25, 0.3) is 0 Å². The Morgan fingerprint density at radius 3 is 2.04 bits per heavy atom. The summed E-state index contributed by atoms with van der Waals surface area (Å²) in [6, 6.07) is 2.44. The Kier molecular flexibility index (Phi) is 3.25. The predicted octanol–water partition coefficient (Wildman–Crippen LogP) is 5.26. The van der Waals surface area contributed by atoms with Crippen molar-refractivity contribution >= 4 is 5.69 Å². The summed E-state index contributed by atoms with van der Waals surface area (Å²) in [5.41, 5.74) is 10.3. The normalized spacial score (nSPS) is 24.9. The fraction of sp³-hybridized carbons (Fsp3) is 0.619. The first-order valence-corrected chi connectivity index (χ1v) is 8.79. The predicted molar refractivity (Wildman–Crippen MR) is 99.9 cm³/mol. The van der Waals surface area contributed by atoms with Gasteiger partial charge in [0, 0.05) is 35.0 Å². The van der Waals surface area contributed by atoms with Crippen molar-refractivity contribution < 1.29 is 0 Å². The summed E-state index contributed by atoms with van der Waals surface area (Å²) in [4.78, 5) is 5.04. The first-order valence-electron chi connectivity index (χ1n) is 8.79. The zero-order chi connectivity index (χ0) is 17.5. The summed E-state index contributed by atoms with van der Waals surface area (Å²) in [7, 11) is 2.23. The van der Waals surface area contributed by atoms with Crippen LogP contribution in [-0.4, -0.2) is 18.1 Å². The Hall–Kier alpha value is -1.44. The smallest absolute Gasteiger partial charge is 0.103 e. The van der Waals surface area contributed by atoms with Gasteiger partial charge in [0.05, 0.1) is 0 Å². The number of benzene rings is 1. The number of nitrogens with zero attached hydrogens (tertiary/aromatic N) is 2. The number of allylic oxidation sites excluding steroid dienone is 2. The lowest BCUT2D eigenvalue weighted by Gasteiger charge is -2.53. The molecule has 0 aliphatic carbocycles. The second kappa shape index (κ2) is 4.55. The van der Waals surface area contributed by atoms with Crippen molar-refractivity contribution in [2.45, 2.75) is 73.9 Å². The monoisotopic (exact) mass is 312 g/mol. The molecule has 0 saturated carbocycles. The van der Waals surface area contributed by atoms with Gasteiger partial charge in [-0.2, -0.15) is 0 Å². The van der Waals surface area contributed by atoms with E-state index in [0.29, 0.717) is 6.17 Å². The van der Waals surface area contributed by atoms with Crippen molar-refractivity contribution in [2.75, 3.05) is 11.9 Å². The van der Waals surface area contributed by atoms with E-state index in [1.165, 1.54) is 39.3 Å². The molecule has 0 bridgehead atoms. The highest BCUT2D eigenvalue weighted by Gasteiger charge is 2.54. The molecule has 3 rings (SSSR count). The van der Waals surface area contributed by atoms with E-state index in [1.54, 1.807) is 0 Å². The third-order valence-electron chi connectivity index (χ3n) is 7.24. The van der Waals surface area contributed by atoms with Crippen molar-refractivity contribution in [3.63, 3.8) is 0 Å². The molecule has 1 aromatic rings. The van der Waals surface area contributed by atoms with E-state index >= 15 is 0 Å². The second-order valence-electron chi connectivity index (χ2n) is 8.64. The van der Waals surface area contributed by atoms with Crippen molar-refractivity contribution in [1.29, 1.82) is 0 Å². The van der Waals surface area contributed by atoms with E-state index in [-0.39, 0.29) is 10.8 Å². The minimum atomic E-state index is 0.0945. The summed E-state index contributed by atoms with van der Waals surface area (Å²) < 4.78 is 0. The van der Waals surface area contributed by atoms with Gasteiger partial charge in [-0.25, -0.2) is 0 Å². The van der Waals surface area contributed by atoms with Crippen LogP contribution in [0.2, 0.25) is 0 Å². The molecule has 0 spiro atoms. The topological polar surface area (TPSA) is 6.48 Å². The number of hydrogen-bond donors (Lipinski definition) is 0. The van der Waals surface area contributed by atoms with Crippen LogP contribution in [0.4, 0.5) is 5.69 Å². The zero-order valence-electron chi connectivity index (χ0n) is 16.5. The number of fused-ring (bicyclic) bond motifs is 3. The molecule has 0 aromatic heterocycles. The molecular weight excluding hydrogens is 280 g/mol. The highest BCUT2D eigenvalue weighted by Crippen LogP contribution is 2.59. The van der Waals surface area contributed by atoms with Crippen LogP contribution in [0.1, 0.15) is 63.8 Å². The van der Waals surface area contributed by atoms with Crippen LogP contribution < -0.4 is 4.90 Å². The Morgan fingerprint density at radius 2 is 1.48 bits per heavy atom. The quantitative estimate of drug-likeness (QED) is 0.645. The third-order valence-corrected chi connectivity index (χ3v) is 7.24. The molecule has 0 radical (unpaired) electrons. The lowest BCUT2D eigenvalue weighted by Crippen LogP contribution is -2.50. The minimum absolute atomic E-state index is 0.0945. The van der Waals surface area contributed by atoms with Crippen LogP contribution in [0.3, 0.4) is 0 Å². The van der Waals surface area contributed by atoms with E-state index in [4.69, 9.17) is 0 Å². The summed E-state index contributed by atoms with van der Waals surface area (Å²) in [6.45, 7) is 21.1.